The molecule has 0 N–H and O–H groups in total. The smallest absolute Gasteiger partial charge is 0.311 e. The number of halogens is 1. The van der Waals surface area contributed by atoms with Crippen molar-refractivity contribution in [3.63, 3.8) is 0 Å². The molecule has 0 amide bonds. The topological polar surface area (TPSA) is 56.6 Å². The van der Waals surface area contributed by atoms with E-state index < -0.39 is 0 Å². The van der Waals surface area contributed by atoms with Gasteiger partial charge in [-0.2, -0.15) is 5.26 Å². The van der Waals surface area contributed by atoms with Crippen molar-refractivity contribution < 1.29 is 9.53 Å². The zero-order valence-corrected chi connectivity index (χ0v) is 15.7. The molecule has 2 aliphatic rings. The zero-order valence-electron chi connectivity index (χ0n) is 14.9. The number of cyclic esters (lactones) is 1. The summed E-state index contributed by atoms with van der Waals surface area (Å²) in [5, 5.41) is 9.24. The van der Waals surface area contributed by atoms with Crippen molar-refractivity contribution in [1.29, 1.82) is 5.26 Å². The third-order valence-corrected chi connectivity index (χ3v) is 5.07. The van der Waals surface area contributed by atoms with Crippen molar-refractivity contribution in [2.24, 2.45) is 5.41 Å². The first-order valence-corrected chi connectivity index (χ1v) is 8.67. The fourth-order valence-corrected chi connectivity index (χ4v) is 3.55. The van der Waals surface area contributed by atoms with Gasteiger partial charge in [0.2, 0.25) is 0 Å². The Morgan fingerprint density at radius 2 is 1.92 bits per heavy atom. The van der Waals surface area contributed by atoms with Crippen LogP contribution < -0.4 is 4.90 Å². The van der Waals surface area contributed by atoms with Crippen LogP contribution in [0, 0.1) is 16.7 Å². The van der Waals surface area contributed by atoms with Gasteiger partial charge in [0, 0.05) is 32.7 Å². The molecule has 1 unspecified atom stereocenters. The standard InChI is InChI=1S/C19H25N3O2.ClH/c1-19(2)13-16(24-18(19)23)7-8-21-9-11-22(12-10-21)17-6-4-3-5-15(17)14-20;/h3-6,16H,7-13H2,1-2H3;1H. The van der Waals surface area contributed by atoms with E-state index in [1.165, 1.54) is 0 Å². The lowest BCUT2D eigenvalue weighted by molar-refractivity contribution is -0.147. The molecule has 3 rings (SSSR count). The number of benzene rings is 1. The number of anilines is 1. The number of nitrogens with zero attached hydrogens (tertiary/aromatic N) is 3. The van der Waals surface area contributed by atoms with Gasteiger partial charge in [0.05, 0.1) is 16.7 Å². The van der Waals surface area contributed by atoms with E-state index in [4.69, 9.17) is 4.74 Å². The average molecular weight is 364 g/mol. The molecule has 1 aromatic carbocycles. The van der Waals surface area contributed by atoms with Crippen LogP contribution in [0.25, 0.3) is 0 Å². The van der Waals surface area contributed by atoms with E-state index in [1.54, 1.807) is 0 Å². The summed E-state index contributed by atoms with van der Waals surface area (Å²) in [6.07, 6.45) is 1.79. The summed E-state index contributed by atoms with van der Waals surface area (Å²) in [6, 6.07) is 10.1. The maximum Gasteiger partial charge on any atom is 0.311 e. The molecule has 25 heavy (non-hydrogen) atoms. The third kappa shape index (κ3) is 4.45. The fourth-order valence-electron chi connectivity index (χ4n) is 3.55. The van der Waals surface area contributed by atoms with Gasteiger partial charge in [0.1, 0.15) is 12.2 Å². The minimum atomic E-state index is -0.329. The zero-order chi connectivity index (χ0) is 17.2. The second kappa shape index (κ2) is 8.07. The Bertz CT molecular complexity index is 648. The van der Waals surface area contributed by atoms with Crippen LogP contribution in [0.15, 0.2) is 24.3 Å². The highest BCUT2D eigenvalue weighted by molar-refractivity contribution is 5.85. The molecule has 136 valence electrons. The number of ether oxygens (including phenoxy) is 1. The average Bonchev–Trinajstić information content (AvgIpc) is 2.86. The molecule has 0 radical (unpaired) electrons. The maximum atomic E-state index is 11.7. The van der Waals surface area contributed by atoms with Crippen LogP contribution in [0.3, 0.4) is 0 Å². The monoisotopic (exact) mass is 363 g/mol. The summed E-state index contributed by atoms with van der Waals surface area (Å²) in [7, 11) is 0. The predicted molar refractivity (Wildman–Crippen MR) is 100.0 cm³/mol. The second-order valence-electron chi connectivity index (χ2n) is 7.36. The largest absolute Gasteiger partial charge is 0.462 e. The number of carbonyl (C=O) groups is 1. The van der Waals surface area contributed by atoms with Crippen molar-refractivity contribution in [3.8, 4) is 6.07 Å². The normalized spacial score (nSPS) is 22.8. The van der Waals surface area contributed by atoms with Crippen LogP contribution in [-0.4, -0.2) is 49.7 Å². The molecule has 1 aromatic rings. The van der Waals surface area contributed by atoms with Crippen LogP contribution in [0.4, 0.5) is 5.69 Å². The summed E-state index contributed by atoms with van der Waals surface area (Å²) in [5.74, 6) is -0.0644. The predicted octanol–water partition coefficient (Wildman–Crippen LogP) is 2.83. The highest BCUT2D eigenvalue weighted by Gasteiger charge is 2.41. The molecule has 2 heterocycles. The first-order chi connectivity index (χ1) is 11.5. The number of para-hydroxylation sites is 1. The Morgan fingerprint density at radius 1 is 1.24 bits per heavy atom. The van der Waals surface area contributed by atoms with Crippen molar-refractivity contribution in [2.75, 3.05) is 37.6 Å². The van der Waals surface area contributed by atoms with Gasteiger partial charge in [0.25, 0.3) is 0 Å². The van der Waals surface area contributed by atoms with Gasteiger partial charge >= 0.3 is 5.97 Å². The van der Waals surface area contributed by atoms with E-state index in [9.17, 15) is 10.1 Å². The summed E-state index contributed by atoms with van der Waals surface area (Å²) < 4.78 is 5.48. The Kier molecular flexibility index (Phi) is 6.31. The molecule has 2 aliphatic heterocycles. The molecule has 5 nitrogen and oxygen atoms in total. The lowest BCUT2D eigenvalue weighted by Crippen LogP contribution is -2.47. The highest BCUT2D eigenvalue weighted by atomic mass is 35.5. The highest BCUT2D eigenvalue weighted by Crippen LogP contribution is 2.34. The van der Waals surface area contributed by atoms with Gasteiger partial charge in [-0.1, -0.05) is 12.1 Å². The van der Waals surface area contributed by atoms with E-state index in [2.05, 4.69) is 15.9 Å². The van der Waals surface area contributed by atoms with Gasteiger partial charge in [-0.25, -0.2) is 0 Å². The molecule has 2 fully saturated rings. The Morgan fingerprint density at radius 3 is 2.52 bits per heavy atom. The second-order valence-corrected chi connectivity index (χ2v) is 7.36. The van der Waals surface area contributed by atoms with E-state index in [0.717, 1.165) is 56.8 Å². The van der Waals surface area contributed by atoms with E-state index in [0.29, 0.717) is 0 Å². The van der Waals surface area contributed by atoms with Crippen molar-refractivity contribution in [1.82, 2.24) is 4.90 Å². The first-order valence-electron chi connectivity index (χ1n) is 8.67. The quantitative estimate of drug-likeness (QED) is 0.770. The van der Waals surface area contributed by atoms with Gasteiger partial charge in [0.15, 0.2) is 0 Å². The third-order valence-electron chi connectivity index (χ3n) is 5.07. The number of carbonyl (C=O) groups excluding carboxylic acids is 1. The Labute approximate surface area is 156 Å². The Balaban J connectivity index is 0.00000225. The lowest BCUT2D eigenvalue weighted by atomic mass is 9.89. The molecule has 0 aliphatic carbocycles. The summed E-state index contributed by atoms with van der Waals surface area (Å²) in [6.45, 7) is 8.68. The van der Waals surface area contributed by atoms with Crippen molar-refractivity contribution >= 4 is 24.1 Å². The molecular weight excluding hydrogens is 338 g/mol. The number of hydrogen-bond donors (Lipinski definition) is 0. The van der Waals surface area contributed by atoms with Crippen LogP contribution in [-0.2, 0) is 9.53 Å². The summed E-state index contributed by atoms with van der Waals surface area (Å²) >= 11 is 0. The molecule has 2 saturated heterocycles. The Hall–Kier alpha value is -1.77. The van der Waals surface area contributed by atoms with E-state index in [-0.39, 0.29) is 29.9 Å². The number of nitriles is 1. The van der Waals surface area contributed by atoms with Gasteiger partial charge in [-0.05, 0) is 38.8 Å². The summed E-state index contributed by atoms with van der Waals surface area (Å²) in [4.78, 5) is 16.5. The molecule has 0 spiro atoms. The lowest BCUT2D eigenvalue weighted by Gasteiger charge is -2.36. The van der Waals surface area contributed by atoms with Crippen LogP contribution in [0.5, 0.6) is 0 Å². The maximum absolute atomic E-state index is 11.7. The number of esters is 1. The van der Waals surface area contributed by atoms with E-state index in [1.807, 2.05) is 38.1 Å². The van der Waals surface area contributed by atoms with Crippen LogP contribution in [0.2, 0.25) is 0 Å². The first kappa shape index (κ1) is 19.6. The van der Waals surface area contributed by atoms with Gasteiger partial charge < -0.3 is 9.64 Å². The molecule has 6 heteroatoms. The minimum Gasteiger partial charge on any atom is -0.462 e. The fraction of sp³-hybridized carbons (Fsp3) is 0.579. The van der Waals surface area contributed by atoms with Crippen molar-refractivity contribution in [2.45, 2.75) is 32.8 Å². The van der Waals surface area contributed by atoms with Crippen LogP contribution >= 0.6 is 12.4 Å². The number of piperazine rings is 1. The van der Waals surface area contributed by atoms with Crippen molar-refractivity contribution in [3.05, 3.63) is 29.8 Å². The molecule has 0 saturated carbocycles. The van der Waals surface area contributed by atoms with Gasteiger partial charge in [-0.3, -0.25) is 9.69 Å². The summed E-state index contributed by atoms with van der Waals surface area (Å²) in [5.41, 5.74) is 1.45. The number of rotatable bonds is 4. The minimum absolute atomic E-state index is 0. The molecule has 0 bridgehead atoms. The van der Waals surface area contributed by atoms with Gasteiger partial charge in [-0.15, -0.1) is 12.4 Å². The molecular formula is C19H26ClN3O2. The van der Waals surface area contributed by atoms with E-state index >= 15 is 0 Å². The SMILES string of the molecule is CC1(C)CC(CCN2CCN(c3ccccc3C#N)CC2)OC1=O.Cl. The molecule has 1 atom stereocenters. The molecule has 0 aromatic heterocycles. The van der Waals surface area contributed by atoms with Crippen LogP contribution in [0.1, 0.15) is 32.3 Å². The number of hydrogen-bond acceptors (Lipinski definition) is 5.